The minimum Gasteiger partial charge on any atom is -0.309 e. The van der Waals surface area contributed by atoms with Crippen molar-refractivity contribution in [3.8, 4) is 11.5 Å². The first-order valence-electron chi connectivity index (χ1n) is 10.8. The van der Waals surface area contributed by atoms with E-state index >= 15 is 0 Å². The molecule has 0 radical (unpaired) electrons. The Morgan fingerprint density at radius 2 is 1.00 bits per heavy atom. The number of para-hydroxylation sites is 3. The van der Waals surface area contributed by atoms with Crippen LogP contribution in [0.15, 0.2) is 115 Å². The molecule has 0 unspecified atom stereocenters. The molecule has 7 aromatic rings. The Morgan fingerprint density at radius 3 is 1.66 bits per heavy atom. The van der Waals surface area contributed by atoms with Crippen molar-refractivity contribution in [3.05, 3.63) is 115 Å². The lowest BCUT2D eigenvalue weighted by Gasteiger charge is -2.08. The quantitative estimate of drug-likeness (QED) is 0.294. The van der Waals surface area contributed by atoms with E-state index in [0.29, 0.717) is 0 Å². The normalized spacial score (nSPS) is 11.8. The second-order valence-electron chi connectivity index (χ2n) is 8.12. The molecule has 32 heavy (non-hydrogen) atoms. The zero-order valence-corrected chi connectivity index (χ0v) is 17.3. The van der Waals surface area contributed by atoms with Crippen molar-refractivity contribution >= 4 is 43.6 Å². The molecular formula is C29H19N3. The molecular weight excluding hydrogens is 390 g/mol. The molecule has 0 aliphatic rings. The Bertz CT molecular complexity index is 1620. The minimum atomic E-state index is 0.935. The number of benzene rings is 4. The number of fused-ring (bicyclic) bond motifs is 6. The maximum absolute atomic E-state index is 4.67. The maximum Gasteiger partial charge on any atom is 0.137 e. The molecule has 0 fully saturated rings. The summed E-state index contributed by atoms with van der Waals surface area (Å²) in [6, 6.07) is 38.6. The van der Waals surface area contributed by atoms with Crippen molar-refractivity contribution in [2.75, 3.05) is 0 Å². The molecule has 7 rings (SSSR count). The third kappa shape index (κ3) is 2.33. The first-order chi connectivity index (χ1) is 15.9. The summed E-state index contributed by atoms with van der Waals surface area (Å²) >= 11 is 0. The number of pyridine rings is 1. The van der Waals surface area contributed by atoms with Crippen LogP contribution >= 0.6 is 0 Å². The van der Waals surface area contributed by atoms with E-state index in [9.17, 15) is 0 Å². The highest BCUT2D eigenvalue weighted by atomic mass is 15.1. The molecule has 0 saturated heterocycles. The fourth-order valence-electron chi connectivity index (χ4n) is 5.02. The lowest BCUT2D eigenvalue weighted by atomic mass is 10.1. The highest BCUT2D eigenvalue weighted by Gasteiger charge is 2.18. The van der Waals surface area contributed by atoms with Gasteiger partial charge in [0.2, 0.25) is 0 Å². The van der Waals surface area contributed by atoms with Gasteiger partial charge >= 0.3 is 0 Å². The van der Waals surface area contributed by atoms with Crippen LogP contribution < -0.4 is 0 Å². The summed E-state index contributed by atoms with van der Waals surface area (Å²) in [7, 11) is 0. The molecule has 0 saturated carbocycles. The van der Waals surface area contributed by atoms with Crippen LogP contribution in [-0.2, 0) is 0 Å². The SMILES string of the molecule is c1ccc(-n2c3ccccc3c3cc4c(cc32)c2ccccc2n4-c2ccccn2)cc1. The van der Waals surface area contributed by atoms with Gasteiger partial charge in [-0.15, -0.1) is 0 Å². The van der Waals surface area contributed by atoms with E-state index in [-0.39, 0.29) is 0 Å². The molecule has 3 aromatic heterocycles. The molecule has 3 nitrogen and oxygen atoms in total. The van der Waals surface area contributed by atoms with Gasteiger partial charge in [0.05, 0.1) is 22.1 Å². The van der Waals surface area contributed by atoms with Crippen molar-refractivity contribution < 1.29 is 0 Å². The van der Waals surface area contributed by atoms with E-state index < -0.39 is 0 Å². The Hall–Kier alpha value is -4.37. The van der Waals surface area contributed by atoms with Crippen molar-refractivity contribution in [2.24, 2.45) is 0 Å². The molecule has 0 aliphatic carbocycles. The lowest BCUT2D eigenvalue weighted by Crippen LogP contribution is -1.96. The van der Waals surface area contributed by atoms with Crippen LogP contribution in [0, 0.1) is 0 Å². The van der Waals surface area contributed by atoms with Crippen LogP contribution in [0.3, 0.4) is 0 Å². The second-order valence-corrected chi connectivity index (χ2v) is 8.12. The van der Waals surface area contributed by atoms with Crippen molar-refractivity contribution in [3.63, 3.8) is 0 Å². The molecule has 4 aromatic carbocycles. The van der Waals surface area contributed by atoms with Gasteiger partial charge in [-0.2, -0.15) is 0 Å². The molecule has 0 atom stereocenters. The monoisotopic (exact) mass is 409 g/mol. The number of hydrogen-bond donors (Lipinski definition) is 0. The molecule has 0 spiro atoms. The number of aromatic nitrogens is 3. The Morgan fingerprint density at radius 1 is 0.438 bits per heavy atom. The van der Waals surface area contributed by atoms with Gasteiger partial charge in [-0.05, 0) is 48.5 Å². The topological polar surface area (TPSA) is 22.8 Å². The summed E-state index contributed by atoms with van der Waals surface area (Å²) in [6.07, 6.45) is 1.86. The largest absolute Gasteiger partial charge is 0.309 e. The van der Waals surface area contributed by atoms with Gasteiger partial charge in [0.1, 0.15) is 5.82 Å². The first kappa shape index (κ1) is 17.3. The fourth-order valence-corrected chi connectivity index (χ4v) is 5.02. The van der Waals surface area contributed by atoms with E-state index in [2.05, 4.69) is 111 Å². The highest BCUT2D eigenvalue weighted by Crippen LogP contribution is 2.39. The molecule has 0 amide bonds. The average molecular weight is 409 g/mol. The van der Waals surface area contributed by atoms with Gasteiger partial charge < -0.3 is 4.57 Å². The fraction of sp³-hybridized carbons (Fsp3) is 0. The van der Waals surface area contributed by atoms with Crippen LogP contribution in [-0.4, -0.2) is 14.1 Å². The summed E-state index contributed by atoms with van der Waals surface area (Å²) in [4.78, 5) is 4.67. The number of hydrogen-bond acceptors (Lipinski definition) is 1. The average Bonchev–Trinajstić information content (AvgIpc) is 3.36. The molecule has 3 heteroatoms. The summed E-state index contributed by atoms with van der Waals surface area (Å²) in [5.74, 6) is 0.935. The molecule has 0 N–H and O–H groups in total. The second kappa shape index (κ2) is 6.56. The number of nitrogens with zero attached hydrogens (tertiary/aromatic N) is 3. The highest BCUT2D eigenvalue weighted by molar-refractivity contribution is 6.18. The van der Waals surface area contributed by atoms with E-state index in [1.54, 1.807) is 0 Å². The van der Waals surface area contributed by atoms with Crippen LogP contribution in [0.5, 0.6) is 0 Å². The Kier molecular flexibility index (Phi) is 3.55. The smallest absolute Gasteiger partial charge is 0.137 e. The summed E-state index contributed by atoms with van der Waals surface area (Å²) in [6.45, 7) is 0. The van der Waals surface area contributed by atoms with Crippen molar-refractivity contribution in [2.45, 2.75) is 0 Å². The van der Waals surface area contributed by atoms with Gasteiger partial charge in [0.25, 0.3) is 0 Å². The summed E-state index contributed by atoms with van der Waals surface area (Å²) < 4.78 is 4.65. The van der Waals surface area contributed by atoms with Crippen LogP contribution in [0.25, 0.3) is 55.1 Å². The van der Waals surface area contributed by atoms with Crippen LogP contribution in [0.4, 0.5) is 0 Å². The third-order valence-corrected chi connectivity index (χ3v) is 6.36. The van der Waals surface area contributed by atoms with Crippen molar-refractivity contribution in [1.82, 2.24) is 14.1 Å². The minimum absolute atomic E-state index is 0.935. The van der Waals surface area contributed by atoms with E-state index in [4.69, 9.17) is 0 Å². The van der Waals surface area contributed by atoms with Gasteiger partial charge in [0, 0.05) is 33.4 Å². The zero-order chi connectivity index (χ0) is 21.1. The predicted molar refractivity (Wildman–Crippen MR) is 133 cm³/mol. The molecule has 0 bridgehead atoms. The van der Waals surface area contributed by atoms with Gasteiger partial charge in [-0.3, -0.25) is 4.57 Å². The molecule has 150 valence electrons. The third-order valence-electron chi connectivity index (χ3n) is 6.36. The van der Waals surface area contributed by atoms with Gasteiger partial charge in [-0.25, -0.2) is 4.98 Å². The Balaban J connectivity index is 1.71. The first-order valence-corrected chi connectivity index (χ1v) is 10.8. The maximum atomic E-state index is 4.67. The van der Waals surface area contributed by atoms with E-state index in [0.717, 1.165) is 5.82 Å². The molecule has 0 aliphatic heterocycles. The summed E-state index contributed by atoms with van der Waals surface area (Å²) in [5.41, 5.74) is 5.95. The van der Waals surface area contributed by atoms with E-state index in [1.807, 2.05) is 18.3 Å². The standard InChI is InChI=1S/C29H19N3/c1-2-10-20(11-3-1)31-25-14-6-4-12-21(25)23-19-28-24(18-27(23)31)22-13-5-7-15-26(22)32(28)29-16-8-9-17-30-29/h1-19H. The van der Waals surface area contributed by atoms with Crippen LogP contribution in [0.2, 0.25) is 0 Å². The zero-order valence-electron chi connectivity index (χ0n) is 17.3. The predicted octanol–water partition coefficient (Wildman–Crippen LogP) is 7.28. The number of rotatable bonds is 2. The Labute approximate surface area is 184 Å². The summed E-state index contributed by atoms with van der Waals surface area (Å²) in [5, 5.41) is 4.97. The van der Waals surface area contributed by atoms with Crippen molar-refractivity contribution in [1.29, 1.82) is 0 Å². The van der Waals surface area contributed by atoms with Gasteiger partial charge in [0.15, 0.2) is 0 Å². The van der Waals surface area contributed by atoms with E-state index in [1.165, 1.54) is 49.3 Å². The van der Waals surface area contributed by atoms with Crippen LogP contribution in [0.1, 0.15) is 0 Å². The molecule has 3 heterocycles. The lowest BCUT2D eigenvalue weighted by molar-refractivity contribution is 1.08. The van der Waals surface area contributed by atoms with Gasteiger partial charge in [-0.1, -0.05) is 60.7 Å².